The molecule has 0 aliphatic carbocycles. The molecule has 8 nitrogen and oxygen atoms in total. The zero-order valence-electron chi connectivity index (χ0n) is 18.6. The molecule has 0 saturated carbocycles. The number of thiophene rings is 1. The number of H-pyrrole nitrogens is 1. The third-order valence-electron chi connectivity index (χ3n) is 5.64. The average molecular weight is 493 g/mol. The van der Waals surface area contributed by atoms with E-state index in [4.69, 9.17) is 16.6 Å². The van der Waals surface area contributed by atoms with E-state index >= 15 is 0 Å². The minimum absolute atomic E-state index is 0.146. The minimum Gasteiger partial charge on any atom is -0.331 e. The number of hydrogen-bond donors (Lipinski definition) is 1. The molecule has 1 amide bonds. The van der Waals surface area contributed by atoms with Crippen molar-refractivity contribution in [3.63, 3.8) is 0 Å². The summed E-state index contributed by atoms with van der Waals surface area (Å²) in [6.45, 7) is 5.09. The number of nitrogens with zero attached hydrogens (tertiary/aromatic N) is 5. The lowest BCUT2D eigenvalue weighted by Crippen LogP contribution is -2.32. The Hall–Kier alpha value is -3.56. The lowest BCUT2D eigenvalue weighted by molar-refractivity contribution is 0.0750. The highest BCUT2D eigenvalue weighted by Crippen LogP contribution is 2.29. The molecule has 0 unspecified atom stereocenters. The van der Waals surface area contributed by atoms with Crippen molar-refractivity contribution in [2.24, 2.45) is 0 Å². The Kier molecular flexibility index (Phi) is 5.89. The van der Waals surface area contributed by atoms with Gasteiger partial charge in [0.15, 0.2) is 5.65 Å². The van der Waals surface area contributed by atoms with Crippen LogP contribution in [0.1, 0.15) is 30.0 Å². The molecule has 5 aromatic rings. The van der Waals surface area contributed by atoms with Crippen LogP contribution in [0.4, 0.5) is 0 Å². The van der Waals surface area contributed by atoms with E-state index in [1.807, 2.05) is 37.4 Å². The molecule has 1 N–H and O–H groups in total. The van der Waals surface area contributed by atoms with E-state index < -0.39 is 0 Å². The van der Waals surface area contributed by atoms with Gasteiger partial charge in [-0.15, -0.1) is 11.3 Å². The van der Waals surface area contributed by atoms with Crippen LogP contribution in [0, 0.1) is 0 Å². The molecule has 34 heavy (non-hydrogen) atoms. The largest absolute Gasteiger partial charge is 0.331 e. The van der Waals surface area contributed by atoms with Gasteiger partial charge < -0.3 is 9.88 Å². The van der Waals surface area contributed by atoms with Crippen LogP contribution in [0.15, 0.2) is 52.8 Å². The molecule has 0 aliphatic rings. The molecule has 0 saturated heterocycles. The maximum atomic E-state index is 13.7. The molecule has 4 aromatic heterocycles. The highest BCUT2D eigenvalue weighted by molar-refractivity contribution is 7.13. The number of aromatic amines is 1. The number of amides is 1. The van der Waals surface area contributed by atoms with Gasteiger partial charge in [0, 0.05) is 18.1 Å². The van der Waals surface area contributed by atoms with E-state index in [-0.39, 0.29) is 18.0 Å². The first-order chi connectivity index (χ1) is 16.5. The highest BCUT2D eigenvalue weighted by atomic mass is 35.5. The standard InChI is InChI=1S/C24H21ClN6O2S/c1-3-30(13-21-27-18-10-14(25)7-8-15(18)23(32)29-21)24(33)16-11-19(20-6-5-9-34-20)28-22-17(16)12-26-31(22)4-2/h5-12H,3-4,13H2,1-2H3,(H,27,29,32). The van der Waals surface area contributed by atoms with Gasteiger partial charge >= 0.3 is 0 Å². The first kappa shape index (κ1) is 22.2. The number of aryl methyl sites for hydroxylation is 1. The fourth-order valence-electron chi connectivity index (χ4n) is 3.92. The summed E-state index contributed by atoms with van der Waals surface area (Å²) in [5, 5.41) is 8.03. The van der Waals surface area contributed by atoms with Crippen molar-refractivity contribution in [3.05, 3.63) is 74.7 Å². The summed E-state index contributed by atoms with van der Waals surface area (Å²) in [5.74, 6) is 0.209. The SMILES string of the molecule is CCN(Cc1nc2cc(Cl)ccc2c(=O)[nH]1)C(=O)c1cc(-c2cccs2)nc2c1cnn2CC. The monoisotopic (exact) mass is 492 g/mol. The number of pyridine rings is 1. The van der Waals surface area contributed by atoms with Crippen LogP contribution < -0.4 is 5.56 Å². The van der Waals surface area contributed by atoms with Crippen molar-refractivity contribution in [1.82, 2.24) is 29.6 Å². The number of carbonyl (C=O) groups excluding carboxylic acids is 1. The Bertz CT molecular complexity index is 1570. The molecule has 10 heteroatoms. The van der Waals surface area contributed by atoms with E-state index in [2.05, 4.69) is 15.1 Å². The van der Waals surface area contributed by atoms with E-state index in [1.165, 1.54) is 0 Å². The fraction of sp³-hybridized carbons (Fsp3) is 0.208. The Morgan fingerprint density at radius 3 is 2.76 bits per heavy atom. The van der Waals surface area contributed by atoms with Crippen LogP contribution in [0.3, 0.4) is 0 Å². The number of fused-ring (bicyclic) bond motifs is 2. The van der Waals surface area contributed by atoms with Crippen molar-refractivity contribution in [1.29, 1.82) is 0 Å². The number of benzene rings is 1. The van der Waals surface area contributed by atoms with Gasteiger partial charge in [-0.3, -0.25) is 9.59 Å². The second-order valence-electron chi connectivity index (χ2n) is 7.72. The van der Waals surface area contributed by atoms with Gasteiger partial charge in [0.2, 0.25) is 0 Å². The van der Waals surface area contributed by atoms with Crippen LogP contribution in [-0.2, 0) is 13.1 Å². The van der Waals surface area contributed by atoms with Crippen LogP contribution in [0.5, 0.6) is 0 Å². The summed E-state index contributed by atoms with van der Waals surface area (Å²) < 4.78 is 1.78. The molecule has 0 radical (unpaired) electrons. The fourth-order valence-corrected chi connectivity index (χ4v) is 4.77. The summed E-state index contributed by atoms with van der Waals surface area (Å²) in [5.41, 5.74) is 2.13. The molecule has 0 spiro atoms. The smallest absolute Gasteiger partial charge is 0.258 e. The molecular formula is C24H21ClN6O2S. The van der Waals surface area contributed by atoms with E-state index in [9.17, 15) is 9.59 Å². The first-order valence-electron chi connectivity index (χ1n) is 10.9. The molecule has 0 bridgehead atoms. The van der Waals surface area contributed by atoms with Crippen LogP contribution >= 0.6 is 22.9 Å². The van der Waals surface area contributed by atoms with Crippen molar-refractivity contribution < 1.29 is 4.79 Å². The predicted octanol–water partition coefficient (Wildman–Crippen LogP) is 4.73. The number of hydrogen-bond acceptors (Lipinski definition) is 6. The van der Waals surface area contributed by atoms with Gasteiger partial charge in [0.1, 0.15) is 5.82 Å². The highest BCUT2D eigenvalue weighted by Gasteiger charge is 2.22. The molecule has 1 aromatic carbocycles. The molecule has 172 valence electrons. The van der Waals surface area contributed by atoms with Crippen molar-refractivity contribution in [2.75, 3.05) is 6.54 Å². The van der Waals surface area contributed by atoms with Crippen LogP contribution in [-0.4, -0.2) is 42.1 Å². The summed E-state index contributed by atoms with van der Waals surface area (Å²) in [7, 11) is 0. The van der Waals surface area contributed by atoms with Gasteiger partial charge in [0.25, 0.3) is 11.5 Å². The summed E-state index contributed by atoms with van der Waals surface area (Å²) >= 11 is 7.65. The Balaban J connectivity index is 1.57. The molecule has 0 aliphatic heterocycles. The molecule has 4 heterocycles. The van der Waals surface area contributed by atoms with E-state index in [0.717, 1.165) is 10.6 Å². The van der Waals surface area contributed by atoms with Crippen LogP contribution in [0.2, 0.25) is 5.02 Å². The second-order valence-corrected chi connectivity index (χ2v) is 9.11. The number of carbonyl (C=O) groups is 1. The second kappa shape index (κ2) is 9.00. The van der Waals surface area contributed by atoms with Crippen molar-refractivity contribution >= 4 is 50.8 Å². The van der Waals surface area contributed by atoms with Gasteiger partial charge in [-0.2, -0.15) is 5.10 Å². The van der Waals surface area contributed by atoms with Crippen LogP contribution in [0.25, 0.3) is 32.5 Å². The lowest BCUT2D eigenvalue weighted by Gasteiger charge is -2.21. The molecule has 0 fully saturated rings. The topological polar surface area (TPSA) is 96.8 Å². The first-order valence-corrected chi connectivity index (χ1v) is 12.1. The third-order valence-corrected chi connectivity index (χ3v) is 6.77. The number of rotatable bonds is 6. The zero-order chi connectivity index (χ0) is 23.8. The number of nitrogens with one attached hydrogen (secondary N) is 1. The summed E-state index contributed by atoms with van der Waals surface area (Å²) in [4.78, 5) is 41.0. The van der Waals surface area contributed by atoms with Gasteiger partial charge in [-0.1, -0.05) is 17.7 Å². The summed E-state index contributed by atoms with van der Waals surface area (Å²) in [6.07, 6.45) is 1.68. The Morgan fingerprint density at radius 1 is 1.18 bits per heavy atom. The molecule has 0 atom stereocenters. The maximum absolute atomic E-state index is 13.7. The Morgan fingerprint density at radius 2 is 2.03 bits per heavy atom. The van der Waals surface area contributed by atoms with E-state index in [1.54, 1.807) is 45.3 Å². The number of aromatic nitrogens is 5. The minimum atomic E-state index is -0.268. The van der Waals surface area contributed by atoms with E-state index in [0.29, 0.717) is 51.4 Å². The predicted molar refractivity (Wildman–Crippen MR) is 134 cm³/mol. The Labute approximate surface area is 203 Å². The average Bonchev–Trinajstić information content (AvgIpc) is 3.51. The normalized spacial score (nSPS) is 11.4. The zero-order valence-corrected chi connectivity index (χ0v) is 20.2. The lowest BCUT2D eigenvalue weighted by atomic mass is 10.1. The van der Waals surface area contributed by atoms with Gasteiger partial charge in [-0.05, 0) is 49.6 Å². The third kappa shape index (κ3) is 3.97. The van der Waals surface area contributed by atoms with Crippen molar-refractivity contribution in [3.8, 4) is 10.6 Å². The van der Waals surface area contributed by atoms with Gasteiger partial charge in [0.05, 0.1) is 45.2 Å². The van der Waals surface area contributed by atoms with Gasteiger partial charge in [-0.25, -0.2) is 14.6 Å². The summed E-state index contributed by atoms with van der Waals surface area (Å²) in [6, 6.07) is 10.7. The molecule has 5 rings (SSSR count). The maximum Gasteiger partial charge on any atom is 0.258 e. The number of halogens is 1. The van der Waals surface area contributed by atoms with Crippen molar-refractivity contribution in [2.45, 2.75) is 26.9 Å². The quantitative estimate of drug-likeness (QED) is 0.369. The molecular weight excluding hydrogens is 472 g/mol.